The molecule has 0 aromatic heterocycles. The molecule has 4 nitrogen and oxygen atoms in total. The predicted molar refractivity (Wildman–Crippen MR) is 139 cm³/mol. The number of nitrogens with one attached hydrogen (secondary N) is 1. The summed E-state index contributed by atoms with van der Waals surface area (Å²) in [6, 6.07) is 12.7. The quantitative estimate of drug-likeness (QED) is 0.355. The van der Waals surface area contributed by atoms with E-state index in [2.05, 4.69) is 25.2 Å². The molecule has 1 fully saturated rings. The number of fused-ring (bicyclic) bond motifs is 1. The van der Waals surface area contributed by atoms with E-state index in [4.69, 9.17) is 14.2 Å². The summed E-state index contributed by atoms with van der Waals surface area (Å²) in [6.45, 7) is 8.01. The number of hydrogen-bond acceptors (Lipinski definition) is 4. The Hall–Kier alpha value is -2.37. The van der Waals surface area contributed by atoms with Crippen LogP contribution in [0.2, 0.25) is 0 Å². The molecule has 2 aliphatic rings. The van der Waals surface area contributed by atoms with Crippen LogP contribution in [0.5, 0.6) is 5.75 Å². The number of ether oxygens (including phenoxy) is 3. The van der Waals surface area contributed by atoms with Gasteiger partial charge in [-0.1, -0.05) is 56.4 Å². The fraction of sp³-hybridized carbons (Fsp3) is 0.533. The molecule has 0 saturated heterocycles. The van der Waals surface area contributed by atoms with Gasteiger partial charge >= 0.3 is 0 Å². The van der Waals surface area contributed by atoms with E-state index in [0.29, 0.717) is 13.2 Å². The highest BCUT2D eigenvalue weighted by Crippen LogP contribution is 2.44. The van der Waals surface area contributed by atoms with E-state index in [1.165, 1.54) is 44.2 Å². The van der Waals surface area contributed by atoms with Gasteiger partial charge in [-0.3, -0.25) is 0 Å². The molecule has 0 amide bonds. The number of hydrogen-bond donors (Lipinski definition) is 1. The van der Waals surface area contributed by atoms with Crippen molar-refractivity contribution < 1.29 is 18.6 Å². The Morgan fingerprint density at radius 2 is 1.83 bits per heavy atom. The van der Waals surface area contributed by atoms with Gasteiger partial charge in [0, 0.05) is 24.4 Å². The van der Waals surface area contributed by atoms with Gasteiger partial charge in [0.25, 0.3) is 0 Å². The van der Waals surface area contributed by atoms with Crippen LogP contribution < -0.4 is 10.1 Å². The van der Waals surface area contributed by atoms with E-state index >= 15 is 0 Å². The second kappa shape index (κ2) is 12.0. The van der Waals surface area contributed by atoms with E-state index in [-0.39, 0.29) is 18.0 Å². The molecular formula is C30H40FNO3. The maximum atomic E-state index is 13.2. The van der Waals surface area contributed by atoms with Crippen molar-refractivity contribution >= 4 is 5.69 Å². The Morgan fingerprint density at radius 1 is 1.06 bits per heavy atom. The molecule has 1 N–H and O–H groups in total. The van der Waals surface area contributed by atoms with Crippen LogP contribution in [0.4, 0.5) is 10.1 Å². The average Bonchev–Trinajstić information content (AvgIpc) is 2.85. The molecule has 2 aromatic rings. The first-order chi connectivity index (χ1) is 17.0. The van der Waals surface area contributed by atoms with Gasteiger partial charge in [0.1, 0.15) is 29.4 Å². The Morgan fingerprint density at radius 3 is 2.57 bits per heavy atom. The average molecular weight is 482 g/mol. The molecule has 0 radical (unpaired) electrons. The van der Waals surface area contributed by atoms with Gasteiger partial charge < -0.3 is 19.5 Å². The lowest BCUT2D eigenvalue weighted by molar-refractivity contribution is -0.158. The minimum atomic E-state index is -0.521. The summed E-state index contributed by atoms with van der Waals surface area (Å²) in [7, 11) is 0. The van der Waals surface area contributed by atoms with Crippen molar-refractivity contribution in [1.82, 2.24) is 0 Å². The van der Waals surface area contributed by atoms with Gasteiger partial charge in [0.2, 0.25) is 0 Å². The molecule has 190 valence electrons. The summed E-state index contributed by atoms with van der Waals surface area (Å²) in [4.78, 5) is 0. The molecule has 1 heterocycles. The van der Waals surface area contributed by atoms with Gasteiger partial charge in [-0.2, -0.15) is 0 Å². The van der Waals surface area contributed by atoms with E-state index in [1.54, 1.807) is 12.1 Å². The zero-order valence-electron chi connectivity index (χ0n) is 21.4. The summed E-state index contributed by atoms with van der Waals surface area (Å²) in [5.74, 6) is 1.39. The monoisotopic (exact) mass is 481 g/mol. The lowest BCUT2D eigenvalue weighted by Crippen LogP contribution is -2.51. The molecule has 2 aromatic carbocycles. The van der Waals surface area contributed by atoms with Crippen LogP contribution in [0.25, 0.3) is 0 Å². The molecule has 35 heavy (non-hydrogen) atoms. The van der Waals surface area contributed by atoms with E-state index in [0.717, 1.165) is 41.5 Å². The molecule has 4 rings (SSSR count). The standard InChI is InChI=1S/C30H40FNO3/c1-4-5-18-34-29-28(33-19-17-22-9-7-6-8-10-22)26-20-25(15-16-27(26)35-30(29,2)3)32-21-23-11-13-24(31)14-12-23/h4-5,11-16,20,22,28-29,32H,6-10,17-19,21H2,1-3H3/b5-4+. The van der Waals surface area contributed by atoms with Crippen molar-refractivity contribution in [2.24, 2.45) is 5.92 Å². The van der Waals surface area contributed by atoms with Gasteiger partial charge in [0.15, 0.2) is 0 Å². The Kier molecular flexibility index (Phi) is 8.85. The van der Waals surface area contributed by atoms with Crippen molar-refractivity contribution in [2.45, 2.75) is 83.6 Å². The molecule has 1 aliphatic heterocycles. The van der Waals surface area contributed by atoms with Crippen LogP contribution >= 0.6 is 0 Å². The second-order valence-corrected chi connectivity index (χ2v) is 10.3. The maximum absolute atomic E-state index is 13.2. The highest BCUT2D eigenvalue weighted by atomic mass is 19.1. The van der Waals surface area contributed by atoms with Gasteiger partial charge in [0.05, 0.1) is 6.61 Å². The zero-order chi connectivity index (χ0) is 24.7. The predicted octanol–water partition coefficient (Wildman–Crippen LogP) is 7.60. The first-order valence-corrected chi connectivity index (χ1v) is 13.1. The van der Waals surface area contributed by atoms with Crippen LogP contribution in [-0.4, -0.2) is 24.9 Å². The fourth-order valence-electron chi connectivity index (χ4n) is 5.21. The summed E-state index contributed by atoms with van der Waals surface area (Å²) >= 11 is 0. The Bertz CT molecular complexity index is 966. The summed E-state index contributed by atoms with van der Waals surface area (Å²) in [5.41, 5.74) is 2.49. The largest absolute Gasteiger partial charge is 0.485 e. The van der Waals surface area contributed by atoms with Crippen LogP contribution in [0.1, 0.15) is 76.5 Å². The molecule has 2 unspecified atom stereocenters. The summed E-state index contributed by atoms with van der Waals surface area (Å²) < 4.78 is 32.6. The van der Waals surface area contributed by atoms with Crippen molar-refractivity contribution in [3.8, 4) is 5.75 Å². The van der Waals surface area contributed by atoms with Gasteiger partial charge in [-0.05, 0) is 69.0 Å². The lowest BCUT2D eigenvalue weighted by Gasteiger charge is -2.44. The fourth-order valence-corrected chi connectivity index (χ4v) is 5.21. The summed E-state index contributed by atoms with van der Waals surface area (Å²) in [6.07, 6.45) is 11.4. The van der Waals surface area contributed by atoms with Crippen LogP contribution in [0, 0.1) is 11.7 Å². The normalized spacial score (nSPS) is 22.1. The molecule has 1 saturated carbocycles. The Labute approximate surface area is 209 Å². The molecule has 1 aliphatic carbocycles. The first kappa shape index (κ1) is 25.7. The van der Waals surface area contributed by atoms with E-state index in [9.17, 15) is 4.39 Å². The smallest absolute Gasteiger partial charge is 0.132 e. The highest BCUT2D eigenvalue weighted by Gasteiger charge is 2.45. The second-order valence-electron chi connectivity index (χ2n) is 10.3. The molecular weight excluding hydrogens is 441 g/mol. The number of halogens is 1. The van der Waals surface area contributed by atoms with Crippen LogP contribution in [0.3, 0.4) is 0 Å². The zero-order valence-corrected chi connectivity index (χ0v) is 21.4. The van der Waals surface area contributed by atoms with E-state index < -0.39 is 5.60 Å². The minimum absolute atomic E-state index is 0.213. The van der Waals surface area contributed by atoms with Crippen LogP contribution in [-0.2, 0) is 16.0 Å². The number of allylic oxidation sites excluding steroid dienone is 1. The first-order valence-electron chi connectivity index (χ1n) is 13.1. The third-order valence-corrected chi connectivity index (χ3v) is 7.22. The van der Waals surface area contributed by atoms with Crippen LogP contribution in [0.15, 0.2) is 54.6 Å². The third kappa shape index (κ3) is 6.86. The maximum Gasteiger partial charge on any atom is 0.132 e. The van der Waals surface area contributed by atoms with Crippen molar-refractivity contribution in [2.75, 3.05) is 18.5 Å². The summed E-state index contributed by atoms with van der Waals surface area (Å²) in [5, 5.41) is 3.46. The molecule has 0 bridgehead atoms. The van der Waals surface area contributed by atoms with Gasteiger partial charge in [-0.25, -0.2) is 4.39 Å². The Balaban J connectivity index is 1.52. The van der Waals surface area contributed by atoms with Gasteiger partial charge in [-0.15, -0.1) is 0 Å². The molecule has 2 atom stereocenters. The number of rotatable bonds is 10. The number of anilines is 1. The van der Waals surface area contributed by atoms with Crippen molar-refractivity contribution in [3.63, 3.8) is 0 Å². The SMILES string of the molecule is C/C=C/COC1C(OCCC2CCCCC2)c2cc(NCc3ccc(F)cc3)ccc2OC1(C)C. The number of benzene rings is 2. The molecule has 0 spiro atoms. The lowest BCUT2D eigenvalue weighted by atomic mass is 9.86. The minimum Gasteiger partial charge on any atom is -0.485 e. The molecule has 5 heteroatoms. The highest BCUT2D eigenvalue weighted by molar-refractivity contribution is 5.53. The third-order valence-electron chi connectivity index (χ3n) is 7.22. The van der Waals surface area contributed by atoms with E-state index in [1.807, 2.05) is 31.2 Å². The van der Waals surface area contributed by atoms with Crippen molar-refractivity contribution in [3.05, 3.63) is 71.6 Å². The van der Waals surface area contributed by atoms with Crippen molar-refractivity contribution in [1.29, 1.82) is 0 Å². The topological polar surface area (TPSA) is 39.7 Å².